The molecular formula is AlO2PS. The van der Waals surface area contributed by atoms with Gasteiger partial charge in [-0.1, -0.05) is 0 Å². The van der Waals surface area contributed by atoms with Gasteiger partial charge in [0.1, 0.15) is 0 Å². The third kappa shape index (κ3) is 36.0. The van der Waals surface area contributed by atoms with Crippen LogP contribution in [0, 0.1) is 0 Å². The Bertz CT molecular complexity index is 14.4. The molecule has 0 atom stereocenters. The van der Waals surface area contributed by atoms with Crippen LogP contribution in [0.2, 0.25) is 0 Å². The predicted molar refractivity (Wildman–Crippen MR) is 20.0 cm³/mol. The van der Waals surface area contributed by atoms with Crippen LogP contribution in [0.3, 0.4) is 0 Å². The topological polar surface area (TPSA) is 46.1 Å². The van der Waals surface area contributed by atoms with Crippen molar-refractivity contribution >= 4 is 37.2 Å². The van der Waals surface area contributed by atoms with Gasteiger partial charge < -0.3 is 29.6 Å². The fraction of sp³-hybridized carbons (Fsp3) is 0. The van der Waals surface area contributed by atoms with Crippen molar-refractivity contribution in [1.29, 1.82) is 0 Å². The van der Waals surface area contributed by atoms with Crippen molar-refractivity contribution in [1.82, 2.24) is 0 Å². The van der Waals surface area contributed by atoms with E-state index in [9.17, 15) is 0 Å². The second-order valence-corrected chi connectivity index (χ2v) is 1.57. The van der Waals surface area contributed by atoms with Gasteiger partial charge in [0.2, 0.25) is 0 Å². The third-order valence-electron chi connectivity index (χ3n) is 0. The first-order chi connectivity index (χ1) is 1.73. The van der Waals surface area contributed by atoms with Gasteiger partial charge in [0, 0.05) is 0 Å². The molecule has 0 aromatic rings. The van der Waals surface area contributed by atoms with Crippen LogP contribution < -0.4 is 9.79 Å². The summed E-state index contributed by atoms with van der Waals surface area (Å²) in [6.07, 6.45) is 0. The first kappa shape index (κ1) is 9.53. The maximum absolute atomic E-state index is 8.85. The van der Waals surface area contributed by atoms with Gasteiger partial charge in [0.15, 0.2) is 0 Å². The first-order valence-electron chi connectivity index (χ1n) is 0.548. The van der Waals surface area contributed by atoms with Crippen LogP contribution in [-0.4, -0.2) is 17.4 Å². The molecule has 0 saturated carbocycles. The van der Waals surface area contributed by atoms with Crippen molar-refractivity contribution in [2.45, 2.75) is 0 Å². The fourth-order valence-electron chi connectivity index (χ4n) is 0. The van der Waals surface area contributed by atoms with E-state index in [4.69, 9.17) is 9.79 Å². The fourth-order valence-corrected chi connectivity index (χ4v) is 0. The molecule has 0 aliphatic rings. The minimum absolute atomic E-state index is 0. The van der Waals surface area contributed by atoms with Crippen molar-refractivity contribution in [3.63, 3.8) is 0 Å². The zero-order valence-corrected chi connectivity index (χ0v) is 5.11. The van der Waals surface area contributed by atoms with Crippen LogP contribution in [0.5, 0.6) is 0 Å². The minimum Gasteiger partial charge on any atom is -0.860 e. The zero-order valence-electron chi connectivity index (χ0n) is 2.25. The molecule has 0 radical (unpaired) electrons. The second-order valence-electron chi connectivity index (χ2n) is 0.224. The van der Waals surface area contributed by atoms with Gasteiger partial charge in [-0.2, -0.15) is 0 Å². The Hall–Kier alpha value is 1.23. The Morgan fingerprint density at radius 2 is 1.40 bits per heavy atom. The van der Waals surface area contributed by atoms with E-state index in [1.54, 1.807) is 0 Å². The normalized spacial score (nSPS) is 7.20. The van der Waals surface area contributed by atoms with E-state index in [0.717, 1.165) is 0 Å². The molecule has 2 nitrogen and oxygen atoms in total. The molecule has 0 aromatic carbocycles. The summed E-state index contributed by atoms with van der Waals surface area (Å²) in [7, 11) is -2.54. The van der Waals surface area contributed by atoms with Gasteiger partial charge in [-0.3, -0.25) is 0 Å². The average molecular weight is 122 g/mol. The third-order valence-corrected chi connectivity index (χ3v) is 0. The van der Waals surface area contributed by atoms with Crippen molar-refractivity contribution in [2.24, 2.45) is 0 Å². The van der Waals surface area contributed by atoms with Gasteiger partial charge in [-0.05, 0) is 0 Å². The van der Waals surface area contributed by atoms with Crippen LogP contribution in [0.15, 0.2) is 0 Å². The van der Waals surface area contributed by atoms with E-state index in [1.165, 1.54) is 0 Å². The van der Waals surface area contributed by atoms with Crippen molar-refractivity contribution in [3.8, 4) is 0 Å². The van der Waals surface area contributed by atoms with E-state index in [0.29, 0.717) is 0 Å². The summed E-state index contributed by atoms with van der Waals surface area (Å²) >= 11 is 3.57. The summed E-state index contributed by atoms with van der Waals surface area (Å²) < 4.78 is 0. The van der Waals surface area contributed by atoms with Gasteiger partial charge >= 0.3 is 17.4 Å². The Balaban J connectivity index is 0. The van der Waals surface area contributed by atoms with Gasteiger partial charge in [-0.15, -0.1) is 0 Å². The van der Waals surface area contributed by atoms with E-state index < -0.39 is 7.58 Å². The minimum atomic E-state index is -2.54. The Morgan fingerprint density at radius 1 is 1.40 bits per heavy atom. The van der Waals surface area contributed by atoms with Crippen LogP contribution in [-0.2, 0) is 12.2 Å². The summed E-state index contributed by atoms with van der Waals surface area (Å²) in [4.78, 5) is 17.7. The monoisotopic (exact) mass is 122 g/mol. The molecular weight excluding hydrogens is 122 g/mol. The molecule has 0 aromatic heterocycles. The Kier molecular flexibility index (Phi) is 9.97. The molecule has 0 amide bonds. The van der Waals surface area contributed by atoms with E-state index >= 15 is 0 Å². The number of hydrogen-bond donors (Lipinski definition) is 0. The molecule has 5 heteroatoms. The SMILES string of the molecule is [Al+3].[O-]P([O-])[S-]. The average Bonchev–Trinajstić information content (AvgIpc) is 0.811. The molecule has 0 bridgehead atoms. The zero-order chi connectivity index (χ0) is 3.58. The summed E-state index contributed by atoms with van der Waals surface area (Å²) in [6, 6.07) is 0. The maximum Gasteiger partial charge on any atom is 3.00 e. The van der Waals surface area contributed by atoms with Crippen LogP contribution in [0.25, 0.3) is 0 Å². The number of hydrogen-bond acceptors (Lipinski definition) is 3. The number of rotatable bonds is 0. The molecule has 0 aliphatic heterocycles. The van der Waals surface area contributed by atoms with Crippen molar-refractivity contribution < 1.29 is 9.79 Å². The molecule has 0 heterocycles. The van der Waals surface area contributed by atoms with Crippen LogP contribution >= 0.6 is 7.58 Å². The van der Waals surface area contributed by atoms with Crippen LogP contribution in [0.4, 0.5) is 0 Å². The Morgan fingerprint density at radius 3 is 1.40 bits per heavy atom. The molecule has 0 spiro atoms. The summed E-state index contributed by atoms with van der Waals surface area (Å²) in [5, 5.41) is 0. The van der Waals surface area contributed by atoms with Gasteiger partial charge in [0.05, 0.1) is 0 Å². The van der Waals surface area contributed by atoms with Crippen molar-refractivity contribution in [2.75, 3.05) is 0 Å². The second kappa shape index (κ2) is 5.23. The van der Waals surface area contributed by atoms with Gasteiger partial charge in [0.25, 0.3) is 0 Å². The van der Waals surface area contributed by atoms with E-state index in [2.05, 4.69) is 12.2 Å². The van der Waals surface area contributed by atoms with Crippen molar-refractivity contribution in [3.05, 3.63) is 0 Å². The molecule has 0 saturated heterocycles. The maximum atomic E-state index is 8.85. The molecule has 5 heavy (non-hydrogen) atoms. The molecule has 26 valence electrons. The molecule has 0 rings (SSSR count). The predicted octanol–water partition coefficient (Wildman–Crippen LogP) is -1.90. The van der Waals surface area contributed by atoms with Gasteiger partial charge in [-0.25, -0.2) is 0 Å². The summed E-state index contributed by atoms with van der Waals surface area (Å²) in [5.41, 5.74) is 0. The molecule has 0 unspecified atom stereocenters. The summed E-state index contributed by atoms with van der Waals surface area (Å²) in [6.45, 7) is 0. The standard InChI is InChI=1S/Al.O2PS/c;1-3(2)4/q+3;-3. The Labute approximate surface area is 47.4 Å². The quantitative estimate of drug-likeness (QED) is 0.214. The largest absolute Gasteiger partial charge is 3.00 e. The smallest absolute Gasteiger partial charge is 0.860 e. The summed E-state index contributed by atoms with van der Waals surface area (Å²) in [5.74, 6) is 0. The molecule has 0 fully saturated rings. The van der Waals surface area contributed by atoms with Crippen LogP contribution in [0.1, 0.15) is 0 Å². The van der Waals surface area contributed by atoms with E-state index in [1.807, 2.05) is 0 Å². The first-order valence-corrected chi connectivity index (χ1v) is 2.74. The molecule has 0 aliphatic carbocycles. The van der Waals surface area contributed by atoms with E-state index in [-0.39, 0.29) is 17.4 Å². The molecule has 0 N–H and O–H groups in total.